The van der Waals surface area contributed by atoms with Crippen molar-refractivity contribution < 1.29 is 23.9 Å². The third kappa shape index (κ3) is 3.54. The Labute approximate surface area is 190 Å². The molecule has 4 aliphatic carbocycles. The minimum Gasteiger partial charge on any atom is -0.446 e. The molecule has 6 rings (SSSR count). The van der Waals surface area contributed by atoms with Crippen molar-refractivity contribution in [2.24, 2.45) is 28.9 Å². The fraction of sp³-hybridized carbons (Fsp3) is 0.875. The summed E-state index contributed by atoms with van der Waals surface area (Å²) in [4.78, 5) is 41.8. The lowest BCUT2D eigenvalue weighted by molar-refractivity contribution is -0.161. The van der Waals surface area contributed by atoms with Gasteiger partial charge in [-0.2, -0.15) is 0 Å². The molecule has 6 atom stereocenters. The van der Waals surface area contributed by atoms with Crippen molar-refractivity contribution in [3.8, 4) is 0 Å². The number of amides is 3. The molecular formula is C24H37N3O5. The number of hydrogen-bond donors (Lipinski definition) is 1. The summed E-state index contributed by atoms with van der Waals surface area (Å²) < 4.78 is 11.7. The van der Waals surface area contributed by atoms with Crippen LogP contribution in [0, 0.1) is 23.2 Å². The second kappa shape index (κ2) is 7.26. The molecule has 8 nitrogen and oxygen atoms in total. The number of rotatable bonds is 2. The largest absolute Gasteiger partial charge is 0.446 e. The lowest BCUT2D eigenvalue weighted by atomic mass is 9.48. The van der Waals surface area contributed by atoms with Gasteiger partial charge in [0.05, 0.1) is 11.0 Å². The number of ether oxygens (including phenoxy) is 2. The number of likely N-dealkylation sites (tertiary alicyclic amines) is 2. The Morgan fingerprint density at radius 3 is 2.28 bits per heavy atom. The lowest BCUT2D eigenvalue weighted by Gasteiger charge is -2.58. The molecule has 6 fully saturated rings. The Morgan fingerprint density at radius 2 is 1.66 bits per heavy atom. The summed E-state index contributed by atoms with van der Waals surface area (Å²) >= 11 is 0. The highest BCUT2D eigenvalue weighted by molar-refractivity contribution is 5.81. The first-order chi connectivity index (χ1) is 15.0. The number of carbonyl (C=O) groups is 3. The van der Waals surface area contributed by atoms with E-state index in [1.807, 2.05) is 25.7 Å². The predicted molar refractivity (Wildman–Crippen MR) is 117 cm³/mol. The molecule has 1 spiro atoms. The Hall–Kier alpha value is -1.99. The van der Waals surface area contributed by atoms with Crippen molar-refractivity contribution in [1.29, 1.82) is 0 Å². The molecule has 178 valence electrons. The number of primary amides is 1. The summed E-state index contributed by atoms with van der Waals surface area (Å²) in [5.74, 6) is 0.829. The number of carbonyl (C=O) groups excluding carboxylic acids is 3. The Morgan fingerprint density at radius 1 is 0.969 bits per heavy atom. The number of nitrogens with two attached hydrogens (primary N) is 1. The Kier molecular flexibility index (Phi) is 4.95. The first-order valence-electron chi connectivity index (χ1n) is 12.3. The summed E-state index contributed by atoms with van der Waals surface area (Å²) in [6.07, 6.45) is 6.35. The van der Waals surface area contributed by atoms with Crippen LogP contribution in [0.5, 0.6) is 0 Å². The summed E-state index contributed by atoms with van der Waals surface area (Å²) in [7, 11) is 0. The zero-order valence-electron chi connectivity index (χ0n) is 19.6. The second-order valence-corrected chi connectivity index (χ2v) is 12.1. The topological polar surface area (TPSA) is 102 Å². The molecule has 0 aromatic heterocycles. The fourth-order valence-corrected chi connectivity index (χ4v) is 7.64. The van der Waals surface area contributed by atoms with Crippen LogP contribution >= 0.6 is 0 Å². The number of nitrogens with zero attached hydrogens (tertiary/aromatic N) is 2. The van der Waals surface area contributed by atoms with Crippen molar-refractivity contribution >= 4 is 18.1 Å². The van der Waals surface area contributed by atoms with Gasteiger partial charge in [0.15, 0.2) is 0 Å². The SMILES string of the molecule is CC(C)(C)OC(=O)N1CCCC12CCN(C(=O)OC1C3CC4C[C@@H]1C[C@@](C(N)=O)(C4)C3)C2. The average molecular weight is 448 g/mol. The van der Waals surface area contributed by atoms with Gasteiger partial charge in [0.2, 0.25) is 5.91 Å². The zero-order valence-corrected chi connectivity index (χ0v) is 19.6. The molecule has 2 saturated heterocycles. The summed E-state index contributed by atoms with van der Waals surface area (Å²) in [5.41, 5.74) is 4.51. The third-order valence-corrected chi connectivity index (χ3v) is 8.75. The molecule has 8 heteroatoms. The molecule has 0 radical (unpaired) electrons. The normalized spacial score (nSPS) is 40.2. The van der Waals surface area contributed by atoms with E-state index in [4.69, 9.17) is 15.2 Å². The van der Waals surface area contributed by atoms with Crippen LogP contribution in [0.15, 0.2) is 0 Å². The van der Waals surface area contributed by atoms with Crippen molar-refractivity contribution in [2.45, 2.75) is 89.4 Å². The van der Waals surface area contributed by atoms with E-state index in [2.05, 4.69) is 0 Å². The van der Waals surface area contributed by atoms with Crippen LogP contribution < -0.4 is 5.73 Å². The maximum absolute atomic E-state index is 13.2. The fourth-order valence-electron chi connectivity index (χ4n) is 7.64. The van der Waals surface area contributed by atoms with Crippen molar-refractivity contribution in [3.05, 3.63) is 0 Å². The van der Waals surface area contributed by atoms with Gasteiger partial charge in [-0.25, -0.2) is 9.59 Å². The molecule has 4 bridgehead atoms. The minimum absolute atomic E-state index is 0.117. The van der Waals surface area contributed by atoms with Gasteiger partial charge in [0.25, 0.3) is 0 Å². The molecule has 6 aliphatic rings. The maximum atomic E-state index is 13.2. The highest BCUT2D eigenvalue weighted by Gasteiger charge is 2.59. The van der Waals surface area contributed by atoms with Crippen LogP contribution in [0.4, 0.5) is 9.59 Å². The van der Waals surface area contributed by atoms with Crippen molar-refractivity contribution in [3.63, 3.8) is 0 Å². The van der Waals surface area contributed by atoms with E-state index >= 15 is 0 Å². The predicted octanol–water partition coefficient (Wildman–Crippen LogP) is 3.28. The van der Waals surface area contributed by atoms with Crippen LogP contribution in [0.2, 0.25) is 0 Å². The van der Waals surface area contributed by atoms with Crippen LogP contribution in [-0.2, 0) is 14.3 Å². The molecule has 2 heterocycles. The van der Waals surface area contributed by atoms with Gasteiger partial charge in [-0.3, -0.25) is 4.79 Å². The highest BCUT2D eigenvalue weighted by atomic mass is 16.6. The monoisotopic (exact) mass is 447 g/mol. The second-order valence-electron chi connectivity index (χ2n) is 12.1. The molecule has 0 aromatic carbocycles. The van der Waals surface area contributed by atoms with E-state index in [-0.39, 0.29) is 47.0 Å². The molecule has 0 aromatic rings. The Bertz CT molecular complexity index is 807. The zero-order chi connectivity index (χ0) is 22.9. The minimum atomic E-state index is -0.542. The summed E-state index contributed by atoms with van der Waals surface area (Å²) in [6, 6.07) is 0. The highest BCUT2D eigenvalue weighted by Crippen LogP contribution is 2.60. The van der Waals surface area contributed by atoms with E-state index in [9.17, 15) is 14.4 Å². The van der Waals surface area contributed by atoms with Gasteiger partial charge in [0, 0.05) is 19.6 Å². The first kappa shape index (κ1) is 21.8. The van der Waals surface area contributed by atoms with E-state index in [1.54, 1.807) is 4.90 Å². The van der Waals surface area contributed by atoms with Gasteiger partial charge in [-0.05, 0) is 89.9 Å². The average Bonchev–Trinajstić information content (AvgIpc) is 3.30. The van der Waals surface area contributed by atoms with Crippen LogP contribution in [0.3, 0.4) is 0 Å². The quantitative estimate of drug-likeness (QED) is 0.700. The van der Waals surface area contributed by atoms with Gasteiger partial charge >= 0.3 is 12.2 Å². The molecule has 3 amide bonds. The standard InChI is InChI=1S/C24H37N3O5/c1-22(2,3)32-21(30)27-7-4-5-24(27)6-8-26(14-24)20(29)31-18-16-9-15-10-17(18)13-23(11-15,12-16)19(25)28/h15-18H,4-14H2,1-3H3,(H2,25,28)/t15?,16-,17?,18?,23+,24?/m1/s1. The molecule has 4 saturated carbocycles. The van der Waals surface area contributed by atoms with Crippen molar-refractivity contribution in [1.82, 2.24) is 9.80 Å². The molecular weight excluding hydrogens is 410 g/mol. The van der Waals surface area contributed by atoms with Gasteiger partial charge in [-0.1, -0.05) is 0 Å². The van der Waals surface area contributed by atoms with E-state index < -0.39 is 5.60 Å². The van der Waals surface area contributed by atoms with E-state index in [1.165, 1.54) is 0 Å². The number of hydrogen-bond acceptors (Lipinski definition) is 5. The lowest BCUT2D eigenvalue weighted by Crippen LogP contribution is -2.59. The van der Waals surface area contributed by atoms with Gasteiger partial charge in [0.1, 0.15) is 11.7 Å². The van der Waals surface area contributed by atoms with Crippen LogP contribution in [-0.4, -0.2) is 64.8 Å². The first-order valence-corrected chi connectivity index (χ1v) is 12.3. The molecule has 32 heavy (non-hydrogen) atoms. The molecule has 4 unspecified atom stereocenters. The molecule has 2 N–H and O–H groups in total. The van der Waals surface area contributed by atoms with Crippen LogP contribution in [0.1, 0.15) is 72.1 Å². The Balaban J connectivity index is 1.23. The van der Waals surface area contributed by atoms with Gasteiger partial charge < -0.3 is 25.0 Å². The maximum Gasteiger partial charge on any atom is 0.410 e. The third-order valence-electron chi connectivity index (χ3n) is 8.75. The summed E-state index contributed by atoms with van der Waals surface area (Å²) in [5, 5.41) is 0. The van der Waals surface area contributed by atoms with E-state index in [0.29, 0.717) is 25.6 Å². The smallest absolute Gasteiger partial charge is 0.410 e. The van der Waals surface area contributed by atoms with Gasteiger partial charge in [-0.15, -0.1) is 0 Å². The van der Waals surface area contributed by atoms with Crippen molar-refractivity contribution in [2.75, 3.05) is 19.6 Å². The summed E-state index contributed by atoms with van der Waals surface area (Å²) in [6.45, 7) is 7.38. The van der Waals surface area contributed by atoms with Crippen LogP contribution in [0.25, 0.3) is 0 Å². The molecule has 2 aliphatic heterocycles. The van der Waals surface area contributed by atoms with E-state index in [0.717, 1.165) is 51.4 Å².